The number of benzene rings is 2. The summed E-state index contributed by atoms with van der Waals surface area (Å²) in [4.78, 5) is 36.4. The Morgan fingerprint density at radius 2 is 1.76 bits per heavy atom. The Balaban J connectivity index is 1.52. The van der Waals surface area contributed by atoms with Gasteiger partial charge in [-0.2, -0.15) is 19.6 Å². The van der Waals surface area contributed by atoms with Crippen molar-refractivity contribution in [1.82, 2.24) is 24.5 Å². The number of rotatable bonds is 5. The van der Waals surface area contributed by atoms with E-state index in [1.165, 1.54) is 0 Å². The van der Waals surface area contributed by atoms with Crippen molar-refractivity contribution in [2.45, 2.75) is 39.5 Å². The van der Waals surface area contributed by atoms with E-state index in [2.05, 4.69) is 21.0 Å². The predicted octanol–water partition coefficient (Wildman–Crippen LogP) is 4.76. The minimum absolute atomic E-state index is 0.00248. The number of carbonyl (C=O) groups is 2. The highest BCUT2D eigenvalue weighted by Crippen LogP contribution is 2.25. The summed E-state index contributed by atoms with van der Waals surface area (Å²) in [5.74, 6) is 0.853. The molecule has 10 nitrogen and oxygen atoms in total. The first-order chi connectivity index (χ1) is 18.0. The largest absolute Gasteiger partial charge is 0.339 e. The molecule has 0 atom stereocenters. The Kier molecular flexibility index (Phi) is 6.98. The Morgan fingerprint density at radius 3 is 2.57 bits per heavy atom. The van der Waals surface area contributed by atoms with Crippen molar-refractivity contribution >= 4 is 46.4 Å². The molecule has 4 bridgehead atoms. The molecule has 0 saturated carbocycles. The molecule has 2 aromatic heterocycles. The van der Waals surface area contributed by atoms with Gasteiger partial charge in [0.15, 0.2) is 5.65 Å². The first-order valence-electron chi connectivity index (χ1n) is 12.6. The molecule has 0 aliphatic carbocycles. The fourth-order valence-electron chi connectivity index (χ4n) is 4.42. The summed E-state index contributed by atoms with van der Waals surface area (Å²) in [5, 5.41) is 14.1. The second kappa shape index (κ2) is 10.7. The molecule has 4 aromatic rings. The van der Waals surface area contributed by atoms with Gasteiger partial charge >= 0.3 is 0 Å². The Labute approximate surface area is 215 Å². The molecule has 0 radical (unpaired) electrons. The number of carbonyl (C=O) groups excluding carboxylic acids is 2. The Morgan fingerprint density at radius 1 is 1.00 bits per heavy atom. The van der Waals surface area contributed by atoms with Gasteiger partial charge in [0.1, 0.15) is 0 Å². The predicted molar refractivity (Wildman–Crippen MR) is 144 cm³/mol. The number of aromatic nitrogens is 4. The molecule has 10 heteroatoms. The van der Waals surface area contributed by atoms with E-state index in [0.29, 0.717) is 48.3 Å². The zero-order chi connectivity index (χ0) is 25.8. The highest BCUT2D eigenvalue weighted by Gasteiger charge is 2.17. The maximum Gasteiger partial charge on any atom is 0.253 e. The third-order valence-corrected chi connectivity index (χ3v) is 6.36. The highest BCUT2D eigenvalue weighted by molar-refractivity contribution is 5.95. The first-order valence-corrected chi connectivity index (χ1v) is 12.6. The summed E-state index contributed by atoms with van der Waals surface area (Å²) < 4.78 is 1.67. The van der Waals surface area contributed by atoms with Crippen LogP contribution in [0, 0.1) is 0 Å². The molecule has 1 aliphatic rings. The Hall–Kier alpha value is -4.47. The first kappa shape index (κ1) is 24.2. The van der Waals surface area contributed by atoms with Crippen LogP contribution < -0.4 is 16.0 Å². The van der Waals surface area contributed by atoms with E-state index in [4.69, 9.17) is 9.97 Å². The summed E-state index contributed by atoms with van der Waals surface area (Å²) in [5.41, 5.74) is 4.45. The quantitative estimate of drug-likeness (QED) is 0.363. The van der Waals surface area contributed by atoms with Gasteiger partial charge in [0.05, 0.1) is 6.20 Å². The molecule has 5 rings (SSSR count). The molecule has 0 unspecified atom stereocenters. The fraction of sp³-hybridized carbons (Fsp3) is 0.296. The van der Waals surface area contributed by atoms with Crippen LogP contribution in [-0.4, -0.2) is 49.4 Å². The number of hydrogen-bond acceptors (Lipinski definition) is 7. The number of nitrogens with one attached hydrogen (secondary N) is 3. The van der Waals surface area contributed by atoms with Crippen molar-refractivity contribution in [3.8, 4) is 0 Å². The van der Waals surface area contributed by atoms with Crippen LogP contribution in [0.2, 0.25) is 0 Å². The van der Waals surface area contributed by atoms with Gasteiger partial charge in [0.25, 0.3) is 5.91 Å². The third-order valence-electron chi connectivity index (χ3n) is 6.36. The zero-order valence-electron chi connectivity index (χ0n) is 21.0. The average Bonchev–Trinajstić information content (AvgIpc) is 3.30. The second-order valence-corrected chi connectivity index (χ2v) is 8.92. The topological polar surface area (TPSA) is 117 Å². The van der Waals surface area contributed by atoms with Crippen molar-refractivity contribution in [1.29, 1.82) is 0 Å². The van der Waals surface area contributed by atoms with Crippen LogP contribution in [0.15, 0.2) is 54.7 Å². The van der Waals surface area contributed by atoms with Gasteiger partial charge < -0.3 is 20.9 Å². The van der Waals surface area contributed by atoms with Gasteiger partial charge in [-0.15, -0.1) is 0 Å². The lowest BCUT2D eigenvalue weighted by molar-refractivity contribution is -0.116. The van der Waals surface area contributed by atoms with Crippen LogP contribution in [0.5, 0.6) is 0 Å². The number of nitrogens with zero attached hydrogens (tertiary/aromatic N) is 5. The number of amides is 2. The molecule has 3 heterocycles. The van der Waals surface area contributed by atoms with Crippen molar-refractivity contribution in [3.05, 3.63) is 65.9 Å². The van der Waals surface area contributed by atoms with E-state index >= 15 is 0 Å². The van der Waals surface area contributed by atoms with Gasteiger partial charge in [-0.3, -0.25) is 9.59 Å². The molecular formula is C27H30N8O2. The molecule has 190 valence electrons. The SMILES string of the molecule is CCN(CC)C(=O)c1cccc(Nc2nc3nc4c(cnn24)CCCCC(=O)Nc2cccc(c2)N3)c1. The summed E-state index contributed by atoms with van der Waals surface area (Å²) in [6.07, 6.45) is 4.58. The van der Waals surface area contributed by atoms with Crippen LogP contribution in [0.4, 0.5) is 29.0 Å². The number of hydrogen-bond donors (Lipinski definition) is 3. The smallest absolute Gasteiger partial charge is 0.253 e. The van der Waals surface area contributed by atoms with Gasteiger partial charge in [-0.1, -0.05) is 12.1 Å². The molecule has 37 heavy (non-hydrogen) atoms. The molecule has 2 amide bonds. The van der Waals surface area contributed by atoms with Crippen molar-refractivity contribution in [2.75, 3.05) is 29.0 Å². The van der Waals surface area contributed by atoms with E-state index in [9.17, 15) is 9.59 Å². The maximum absolute atomic E-state index is 12.9. The lowest BCUT2D eigenvalue weighted by Crippen LogP contribution is -2.30. The van der Waals surface area contributed by atoms with Gasteiger partial charge in [-0.05, 0) is 69.5 Å². The van der Waals surface area contributed by atoms with E-state index in [1.54, 1.807) is 15.6 Å². The lowest BCUT2D eigenvalue weighted by Gasteiger charge is -2.19. The summed E-state index contributed by atoms with van der Waals surface area (Å²) in [6, 6.07) is 14.8. The van der Waals surface area contributed by atoms with E-state index in [1.807, 2.05) is 62.4 Å². The van der Waals surface area contributed by atoms with Crippen molar-refractivity contribution in [2.24, 2.45) is 0 Å². The fourth-order valence-corrected chi connectivity index (χ4v) is 4.42. The third kappa shape index (κ3) is 5.37. The van der Waals surface area contributed by atoms with Crippen molar-refractivity contribution in [3.63, 3.8) is 0 Å². The van der Waals surface area contributed by atoms with E-state index in [-0.39, 0.29) is 11.8 Å². The molecule has 3 N–H and O–H groups in total. The van der Waals surface area contributed by atoms with E-state index in [0.717, 1.165) is 36.2 Å². The number of fused-ring (bicyclic) bond motifs is 3. The van der Waals surface area contributed by atoms with Crippen molar-refractivity contribution < 1.29 is 9.59 Å². The highest BCUT2D eigenvalue weighted by atomic mass is 16.2. The van der Waals surface area contributed by atoms with Crippen LogP contribution in [0.25, 0.3) is 5.65 Å². The Bertz CT molecular complexity index is 1440. The number of anilines is 5. The molecular weight excluding hydrogens is 468 g/mol. The van der Waals surface area contributed by atoms with Gasteiger partial charge in [-0.25, -0.2) is 0 Å². The monoisotopic (exact) mass is 498 g/mol. The normalized spacial score (nSPS) is 13.5. The zero-order valence-corrected chi connectivity index (χ0v) is 21.0. The minimum Gasteiger partial charge on any atom is -0.339 e. The molecule has 1 aliphatic heterocycles. The van der Waals surface area contributed by atoms with Crippen LogP contribution >= 0.6 is 0 Å². The van der Waals surface area contributed by atoms with Gasteiger partial charge in [0, 0.05) is 47.7 Å². The summed E-state index contributed by atoms with van der Waals surface area (Å²) in [7, 11) is 0. The lowest BCUT2D eigenvalue weighted by atomic mass is 10.1. The number of aryl methyl sites for hydroxylation is 1. The van der Waals surface area contributed by atoms with Crippen LogP contribution in [0.3, 0.4) is 0 Å². The minimum atomic E-state index is -0.0152. The molecule has 2 aromatic carbocycles. The summed E-state index contributed by atoms with van der Waals surface area (Å²) in [6.45, 7) is 5.24. The van der Waals surface area contributed by atoms with Crippen LogP contribution in [-0.2, 0) is 11.2 Å². The average molecular weight is 499 g/mol. The maximum atomic E-state index is 12.9. The molecule has 0 spiro atoms. The van der Waals surface area contributed by atoms with Crippen LogP contribution in [0.1, 0.15) is 49.0 Å². The standard InChI is InChI=1S/C27H30N8O2/c1-3-34(4-2)25(37)18-10-7-11-20(15-18)31-27-33-26-30-22-13-8-12-21(16-22)29-23(36)14-6-5-9-19-17-28-35(27)24(19)32-26/h7-8,10-13,15-17H,3-6,9,14H2,1-2H3,(H,29,36)(H2,30,31,32,33). The second-order valence-electron chi connectivity index (χ2n) is 8.92. The molecule has 0 fully saturated rings. The molecule has 0 saturated heterocycles. The summed E-state index contributed by atoms with van der Waals surface area (Å²) >= 11 is 0. The van der Waals surface area contributed by atoms with E-state index < -0.39 is 0 Å². The van der Waals surface area contributed by atoms with Gasteiger partial charge in [0.2, 0.25) is 17.8 Å².